The first-order valence-electron chi connectivity index (χ1n) is 6.64. The topological polar surface area (TPSA) is 21.3 Å². The van der Waals surface area contributed by atoms with Crippen molar-refractivity contribution in [3.8, 4) is 5.75 Å². The van der Waals surface area contributed by atoms with E-state index in [9.17, 15) is 0 Å². The third kappa shape index (κ3) is 3.22. The van der Waals surface area contributed by atoms with E-state index in [0.717, 1.165) is 18.8 Å². The van der Waals surface area contributed by atoms with Crippen LogP contribution in [-0.4, -0.2) is 19.2 Å². The van der Waals surface area contributed by atoms with E-state index in [0.29, 0.717) is 12.0 Å². The lowest BCUT2D eigenvalue weighted by Crippen LogP contribution is -2.37. The van der Waals surface area contributed by atoms with Gasteiger partial charge in [-0.2, -0.15) is 0 Å². The fourth-order valence-corrected chi connectivity index (χ4v) is 2.20. The smallest absolute Gasteiger partial charge is 0.122 e. The molecule has 0 unspecified atom stereocenters. The molecule has 0 saturated carbocycles. The van der Waals surface area contributed by atoms with Crippen molar-refractivity contribution in [2.45, 2.75) is 45.6 Å². The standard InChI is InChI=1S/C15H23NO/c1-11(2)13-7-6-12(3)15(9-13)17-14-5-4-8-16-10-14/h6-7,9,11,14,16H,4-5,8,10H2,1-3H3/t14-/m0/s1. The van der Waals surface area contributed by atoms with Gasteiger partial charge in [-0.05, 0) is 49.4 Å². The van der Waals surface area contributed by atoms with Crippen molar-refractivity contribution < 1.29 is 4.74 Å². The van der Waals surface area contributed by atoms with Crippen molar-refractivity contribution in [2.24, 2.45) is 0 Å². The van der Waals surface area contributed by atoms with Gasteiger partial charge < -0.3 is 10.1 Å². The minimum Gasteiger partial charge on any atom is -0.489 e. The molecule has 1 aromatic rings. The summed E-state index contributed by atoms with van der Waals surface area (Å²) in [5, 5.41) is 3.39. The molecule has 2 rings (SSSR count). The number of piperidine rings is 1. The first-order valence-corrected chi connectivity index (χ1v) is 6.64. The van der Waals surface area contributed by atoms with Crippen molar-refractivity contribution in [1.29, 1.82) is 0 Å². The van der Waals surface area contributed by atoms with E-state index in [1.807, 2.05) is 0 Å². The Labute approximate surface area is 104 Å². The minimum absolute atomic E-state index is 0.338. The van der Waals surface area contributed by atoms with E-state index in [1.54, 1.807) is 0 Å². The van der Waals surface area contributed by atoms with Crippen LogP contribution in [0.15, 0.2) is 18.2 Å². The van der Waals surface area contributed by atoms with Crippen LogP contribution in [0, 0.1) is 6.92 Å². The lowest BCUT2D eigenvalue weighted by Gasteiger charge is -2.25. The highest BCUT2D eigenvalue weighted by molar-refractivity contribution is 5.38. The summed E-state index contributed by atoms with van der Waals surface area (Å²) in [5.41, 5.74) is 2.59. The minimum atomic E-state index is 0.338. The summed E-state index contributed by atoms with van der Waals surface area (Å²) in [6.45, 7) is 8.67. The first kappa shape index (κ1) is 12.4. The summed E-state index contributed by atoms with van der Waals surface area (Å²) in [7, 11) is 0. The summed E-state index contributed by atoms with van der Waals surface area (Å²) < 4.78 is 6.11. The number of rotatable bonds is 3. The van der Waals surface area contributed by atoms with Gasteiger partial charge in [0.25, 0.3) is 0 Å². The average molecular weight is 233 g/mol. The Morgan fingerprint density at radius 2 is 2.18 bits per heavy atom. The van der Waals surface area contributed by atoms with E-state index in [2.05, 4.69) is 44.3 Å². The molecule has 0 amide bonds. The molecule has 0 radical (unpaired) electrons. The summed E-state index contributed by atoms with van der Waals surface area (Å²) in [5.74, 6) is 1.62. The van der Waals surface area contributed by atoms with E-state index in [1.165, 1.54) is 24.0 Å². The van der Waals surface area contributed by atoms with Crippen LogP contribution in [0.1, 0.15) is 43.7 Å². The Bertz CT molecular complexity index is 367. The number of benzene rings is 1. The van der Waals surface area contributed by atoms with Gasteiger partial charge in [0, 0.05) is 6.54 Å². The molecular weight excluding hydrogens is 210 g/mol. The second-order valence-electron chi connectivity index (χ2n) is 5.27. The summed E-state index contributed by atoms with van der Waals surface area (Å²) in [4.78, 5) is 0. The Morgan fingerprint density at radius 3 is 2.82 bits per heavy atom. The number of nitrogens with one attached hydrogen (secondary N) is 1. The molecule has 1 aliphatic heterocycles. The van der Waals surface area contributed by atoms with E-state index < -0.39 is 0 Å². The zero-order chi connectivity index (χ0) is 12.3. The third-order valence-electron chi connectivity index (χ3n) is 3.42. The van der Waals surface area contributed by atoms with E-state index in [4.69, 9.17) is 4.74 Å². The fraction of sp³-hybridized carbons (Fsp3) is 0.600. The highest BCUT2D eigenvalue weighted by Gasteiger charge is 2.15. The van der Waals surface area contributed by atoms with Crippen LogP contribution in [0.4, 0.5) is 0 Å². The van der Waals surface area contributed by atoms with Crippen LogP contribution < -0.4 is 10.1 Å². The number of aryl methyl sites for hydroxylation is 1. The van der Waals surface area contributed by atoms with Crippen LogP contribution >= 0.6 is 0 Å². The molecule has 1 aliphatic rings. The number of hydrogen-bond donors (Lipinski definition) is 1. The molecule has 1 heterocycles. The second-order valence-corrected chi connectivity index (χ2v) is 5.27. The van der Waals surface area contributed by atoms with Crippen LogP contribution in [0.5, 0.6) is 5.75 Å². The van der Waals surface area contributed by atoms with Gasteiger partial charge in [0.05, 0.1) is 0 Å². The molecule has 94 valence electrons. The monoisotopic (exact) mass is 233 g/mol. The Kier molecular flexibility index (Phi) is 4.06. The molecule has 1 fully saturated rings. The maximum atomic E-state index is 6.11. The number of hydrogen-bond acceptors (Lipinski definition) is 2. The maximum absolute atomic E-state index is 6.11. The summed E-state index contributed by atoms with van der Waals surface area (Å²) in [6.07, 6.45) is 2.72. The highest BCUT2D eigenvalue weighted by atomic mass is 16.5. The van der Waals surface area contributed by atoms with Crippen molar-refractivity contribution >= 4 is 0 Å². The van der Waals surface area contributed by atoms with Gasteiger partial charge in [0.15, 0.2) is 0 Å². The van der Waals surface area contributed by atoms with Gasteiger partial charge in [-0.1, -0.05) is 26.0 Å². The molecule has 17 heavy (non-hydrogen) atoms. The molecule has 1 atom stereocenters. The average Bonchev–Trinajstić information content (AvgIpc) is 2.33. The Balaban J connectivity index is 2.10. The molecule has 2 nitrogen and oxygen atoms in total. The quantitative estimate of drug-likeness (QED) is 0.865. The molecule has 1 N–H and O–H groups in total. The molecular formula is C15H23NO. The second kappa shape index (κ2) is 5.54. The SMILES string of the molecule is Cc1ccc(C(C)C)cc1O[C@H]1CCCNC1. The van der Waals surface area contributed by atoms with Crippen LogP contribution in [0.2, 0.25) is 0 Å². The predicted molar refractivity (Wildman–Crippen MR) is 71.8 cm³/mol. The van der Waals surface area contributed by atoms with Crippen molar-refractivity contribution in [1.82, 2.24) is 5.32 Å². The van der Waals surface area contributed by atoms with E-state index in [-0.39, 0.29) is 0 Å². The zero-order valence-corrected chi connectivity index (χ0v) is 11.1. The molecule has 0 spiro atoms. The molecule has 0 bridgehead atoms. The normalized spacial score (nSPS) is 20.6. The highest BCUT2D eigenvalue weighted by Crippen LogP contribution is 2.26. The lowest BCUT2D eigenvalue weighted by molar-refractivity contribution is 0.166. The van der Waals surface area contributed by atoms with Gasteiger partial charge in [0.2, 0.25) is 0 Å². The fourth-order valence-electron chi connectivity index (χ4n) is 2.20. The van der Waals surface area contributed by atoms with Gasteiger partial charge in [-0.25, -0.2) is 0 Å². The van der Waals surface area contributed by atoms with Crippen LogP contribution in [-0.2, 0) is 0 Å². The largest absolute Gasteiger partial charge is 0.489 e. The first-order chi connectivity index (χ1) is 8.16. The van der Waals surface area contributed by atoms with Gasteiger partial charge in [0.1, 0.15) is 11.9 Å². The molecule has 1 aromatic carbocycles. The van der Waals surface area contributed by atoms with E-state index >= 15 is 0 Å². The Morgan fingerprint density at radius 1 is 1.35 bits per heavy atom. The molecule has 0 aromatic heterocycles. The Hall–Kier alpha value is -1.02. The molecule has 0 aliphatic carbocycles. The molecule has 2 heteroatoms. The zero-order valence-electron chi connectivity index (χ0n) is 11.1. The van der Waals surface area contributed by atoms with Crippen molar-refractivity contribution in [3.05, 3.63) is 29.3 Å². The maximum Gasteiger partial charge on any atom is 0.122 e. The van der Waals surface area contributed by atoms with Crippen LogP contribution in [0.3, 0.4) is 0 Å². The van der Waals surface area contributed by atoms with Gasteiger partial charge >= 0.3 is 0 Å². The predicted octanol–water partition coefficient (Wildman–Crippen LogP) is 3.25. The lowest BCUT2D eigenvalue weighted by atomic mass is 10.0. The number of ether oxygens (including phenoxy) is 1. The molecule has 1 saturated heterocycles. The van der Waals surface area contributed by atoms with Gasteiger partial charge in [-0.15, -0.1) is 0 Å². The van der Waals surface area contributed by atoms with Gasteiger partial charge in [-0.3, -0.25) is 0 Å². The van der Waals surface area contributed by atoms with Crippen molar-refractivity contribution in [2.75, 3.05) is 13.1 Å². The summed E-state index contributed by atoms with van der Waals surface area (Å²) >= 11 is 0. The summed E-state index contributed by atoms with van der Waals surface area (Å²) in [6, 6.07) is 6.57. The third-order valence-corrected chi connectivity index (χ3v) is 3.42. The van der Waals surface area contributed by atoms with Crippen LogP contribution in [0.25, 0.3) is 0 Å². The van der Waals surface area contributed by atoms with Crippen molar-refractivity contribution in [3.63, 3.8) is 0 Å².